The van der Waals surface area contributed by atoms with Gasteiger partial charge in [0.25, 0.3) is 0 Å². The molecule has 0 bridgehead atoms. The molecule has 3 N–H and O–H groups in total. The van der Waals surface area contributed by atoms with Crippen molar-refractivity contribution >= 4 is 22.9 Å². The van der Waals surface area contributed by atoms with Crippen LogP contribution in [-0.4, -0.2) is 54.0 Å². The number of hydrogen-bond acceptors (Lipinski definition) is 6. The van der Waals surface area contributed by atoms with E-state index in [4.69, 9.17) is 4.74 Å². The molecule has 0 unspecified atom stereocenters. The highest BCUT2D eigenvalue weighted by atomic mass is 16.6. The molecule has 0 aliphatic heterocycles. The summed E-state index contributed by atoms with van der Waals surface area (Å²) in [7, 11) is 0. The van der Waals surface area contributed by atoms with Gasteiger partial charge in [-0.1, -0.05) is 13.3 Å². The second-order valence-corrected chi connectivity index (χ2v) is 8.07. The zero-order chi connectivity index (χ0) is 19.3. The highest BCUT2D eigenvalue weighted by molar-refractivity contribution is 5.74. The SMILES string of the molecule is CC[C@@H]1C[C@H](OC(=O)NCC2(O)CC2)C[C@@H]1c1nnc2cnc3[nH]ccc3n12. The molecule has 28 heavy (non-hydrogen) atoms. The zero-order valence-electron chi connectivity index (χ0n) is 15.8. The third kappa shape index (κ3) is 2.99. The Balaban J connectivity index is 1.35. The highest BCUT2D eigenvalue weighted by Gasteiger charge is 2.42. The van der Waals surface area contributed by atoms with Crippen LogP contribution in [0.25, 0.3) is 16.8 Å². The van der Waals surface area contributed by atoms with E-state index in [2.05, 4.69) is 36.8 Å². The second kappa shape index (κ2) is 6.44. The van der Waals surface area contributed by atoms with Gasteiger partial charge in [-0.15, -0.1) is 10.2 Å². The Labute approximate surface area is 161 Å². The fourth-order valence-corrected chi connectivity index (χ4v) is 4.33. The fourth-order valence-electron chi connectivity index (χ4n) is 4.33. The van der Waals surface area contributed by atoms with Gasteiger partial charge in [0.05, 0.1) is 17.3 Å². The van der Waals surface area contributed by atoms with E-state index in [1.54, 1.807) is 6.20 Å². The van der Waals surface area contributed by atoms with E-state index in [-0.39, 0.29) is 18.6 Å². The number of fused-ring (bicyclic) bond motifs is 3. The van der Waals surface area contributed by atoms with Crippen molar-refractivity contribution < 1.29 is 14.6 Å². The van der Waals surface area contributed by atoms with E-state index >= 15 is 0 Å². The third-order valence-electron chi connectivity index (χ3n) is 6.14. The van der Waals surface area contributed by atoms with Gasteiger partial charge in [0, 0.05) is 18.7 Å². The summed E-state index contributed by atoms with van der Waals surface area (Å²) in [6, 6.07) is 1.97. The number of ether oxygens (including phenoxy) is 1. The fraction of sp³-hybridized carbons (Fsp3) is 0.579. The molecule has 0 aromatic carbocycles. The van der Waals surface area contributed by atoms with Crippen molar-refractivity contribution in [3.63, 3.8) is 0 Å². The van der Waals surface area contributed by atoms with Gasteiger partial charge in [-0.05, 0) is 37.7 Å². The number of nitrogens with zero attached hydrogens (tertiary/aromatic N) is 4. The van der Waals surface area contributed by atoms with Crippen LogP contribution in [0.15, 0.2) is 18.5 Å². The maximum Gasteiger partial charge on any atom is 0.407 e. The molecule has 9 nitrogen and oxygen atoms in total. The quantitative estimate of drug-likeness (QED) is 0.620. The molecule has 9 heteroatoms. The molecule has 3 heterocycles. The van der Waals surface area contributed by atoms with Crippen molar-refractivity contribution in [1.29, 1.82) is 0 Å². The third-order valence-corrected chi connectivity index (χ3v) is 6.14. The van der Waals surface area contributed by atoms with E-state index in [9.17, 15) is 9.90 Å². The first-order valence-corrected chi connectivity index (χ1v) is 9.90. The van der Waals surface area contributed by atoms with Crippen LogP contribution < -0.4 is 5.32 Å². The smallest absolute Gasteiger partial charge is 0.407 e. The van der Waals surface area contributed by atoms with Crippen molar-refractivity contribution in [2.24, 2.45) is 5.92 Å². The molecular weight excluding hydrogens is 360 g/mol. The number of nitrogens with one attached hydrogen (secondary N) is 2. The average molecular weight is 384 g/mol. The maximum absolute atomic E-state index is 12.1. The summed E-state index contributed by atoms with van der Waals surface area (Å²) in [5.74, 6) is 1.42. The first-order valence-electron chi connectivity index (χ1n) is 9.90. The summed E-state index contributed by atoms with van der Waals surface area (Å²) < 4.78 is 7.70. The Hall–Kier alpha value is -2.68. The van der Waals surface area contributed by atoms with Gasteiger partial charge in [0.15, 0.2) is 11.3 Å². The number of aliphatic hydroxyl groups is 1. The van der Waals surface area contributed by atoms with Gasteiger partial charge in [-0.2, -0.15) is 0 Å². The van der Waals surface area contributed by atoms with E-state index < -0.39 is 11.7 Å². The van der Waals surface area contributed by atoms with Crippen LogP contribution in [-0.2, 0) is 4.74 Å². The molecule has 0 spiro atoms. The average Bonchev–Trinajstić information content (AvgIpc) is 3.10. The van der Waals surface area contributed by atoms with Crippen molar-refractivity contribution in [2.75, 3.05) is 6.54 Å². The number of H-pyrrole nitrogens is 1. The molecule has 2 saturated carbocycles. The van der Waals surface area contributed by atoms with E-state index in [1.165, 1.54) is 0 Å². The molecule has 3 aromatic rings. The van der Waals surface area contributed by atoms with Crippen LogP contribution in [0.1, 0.15) is 50.8 Å². The monoisotopic (exact) mass is 384 g/mol. The van der Waals surface area contributed by atoms with Gasteiger partial charge in [0.1, 0.15) is 11.9 Å². The summed E-state index contributed by atoms with van der Waals surface area (Å²) in [4.78, 5) is 19.6. The zero-order valence-corrected chi connectivity index (χ0v) is 15.8. The summed E-state index contributed by atoms with van der Waals surface area (Å²) in [6.07, 6.45) is 6.91. The van der Waals surface area contributed by atoms with Crippen LogP contribution in [0.3, 0.4) is 0 Å². The van der Waals surface area contributed by atoms with Crippen molar-refractivity contribution in [3.05, 3.63) is 24.3 Å². The molecule has 0 radical (unpaired) electrons. The minimum absolute atomic E-state index is 0.158. The molecule has 3 aromatic heterocycles. The van der Waals surface area contributed by atoms with Crippen LogP contribution >= 0.6 is 0 Å². The molecule has 148 valence electrons. The van der Waals surface area contributed by atoms with Crippen molar-refractivity contribution in [3.8, 4) is 0 Å². The Morgan fingerprint density at radius 2 is 2.29 bits per heavy atom. The molecule has 2 aliphatic carbocycles. The lowest BCUT2D eigenvalue weighted by molar-refractivity contribution is 0.0880. The summed E-state index contributed by atoms with van der Waals surface area (Å²) in [5.41, 5.74) is 1.74. The molecule has 1 amide bonds. The Kier molecular flexibility index (Phi) is 4.01. The standard InChI is InChI=1S/C19H24N6O3/c1-2-11-7-12(28-18(26)22-10-19(27)4-5-19)8-13(11)17-24-23-15-9-21-16-14(25(15)17)3-6-20-16/h3,6,9,11-13,20,27H,2,4-5,7-8,10H2,1H3,(H,22,26)/t11-,12+,13+/m1/s1. The van der Waals surface area contributed by atoms with E-state index in [1.807, 2.05) is 12.3 Å². The first kappa shape index (κ1) is 17.4. The Morgan fingerprint density at radius 3 is 3.07 bits per heavy atom. The van der Waals surface area contributed by atoms with Gasteiger partial charge < -0.3 is 20.1 Å². The predicted octanol–water partition coefficient (Wildman–Crippen LogP) is 2.13. The number of hydrogen-bond donors (Lipinski definition) is 3. The van der Waals surface area contributed by atoms with Crippen LogP contribution in [0.2, 0.25) is 0 Å². The number of carbonyl (C=O) groups excluding carboxylic acids is 1. The number of rotatable bonds is 5. The van der Waals surface area contributed by atoms with Gasteiger partial charge >= 0.3 is 6.09 Å². The summed E-state index contributed by atoms with van der Waals surface area (Å²) >= 11 is 0. The van der Waals surface area contributed by atoms with Crippen molar-refractivity contribution in [1.82, 2.24) is 29.9 Å². The lowest BCUT2D eigenvalue weighted by atomic mass is 9.93. The number of aromatic amines is 1. The molecule has 5 rings (SSSR count). The number of aromatic nitrogens is 5. The minimum Gasteiger partial charge on any atom is -0.446 e. The lowest BCUT2D eigenvalue weighted by Crippen LogP contribution is -2.35. The second-order valence-electron chi connectivity index (χ2n) is 8.07. The molecule has 0 saturated heterocycles. The summed E-state index contributed by atoms with van der Waals surface area (Å²) in [6.45, 7) is 2.41. The maximum atomic E-state index is 12.1. The van der Waals surface area contributed by atoms with Crippen molar-refractivity contribution in [2.45, 2.75) is 56.7 Å². The molecule has 2 aliphatic rings. The van der Waals surface area contributed by atoms with Gasteiger partial charge in [0.2, 0.25) is 0 Å². The predicted molar refractivity (Wildman–Crippen MR) is 101 cm³/mol. The van der Waals surface area contributed by atoms with Crippen LogP contribution in [0, 0.1) is 5.92 Å². The van der Waals surface area contributed by atoms with Gasteiger partial charge in [-0.25, -0.2) is 9.78 Å². The highest BCUT2D eigenvalue weighted by Crippen LogP contribution is 2.42. The number of carbonyl (C=O) groups is 1. The Morgan fingerprint density at radius 1 is 1.43 bits per heavy atom. The number of amides is 1. The molecule has 2 fully saturated rings. The normalized spacial score (nSPS) is 26.0. The lowest BCUT2D eigenvalue weighted by Gasteiger charge is -2.15. The minimum atomic E-state index is -0.723. The topological polar surface area (TPSA) is 117 Å². The first-order chi connectivity index (χ1) is 13.6. The van der Waals surface area contributed by atoms with Crippen LogP contribution in [0.5, 0.6) is 0 Å². The largest absolute Gasteiger partial charge is 0.446 e. The number of alkyl carbamates (subject to hydrolysis) is 1. The van der Waals surface area contributed by atoms with Gasteiger partial charge in [-0.3, -0.25) is 4.40 Å². The van der Waals surface area contributed by atoms with Crippen LogP contribution in [0.4, 0.5) is 4.79 Å². The van der Waals surface area contributed by atoms with E-state index in [0.717, 1.165) is 48.3 Å². The molecule has 3 atom stereocenters. The molecular formula is C19H24N6O3. The van der Waals surface area contributed by atoms with E-state index in [0.29, 0.717) is 12.3 Å². The summed E-state index contributed by atoms with van der Waals surface area (Å²) in [5, 5.41) is 21.3. The Bertz CT molecular complexity index is 1020.